The number of rotatable bonds is 4. The average Bonchev–Trinajstić information content (AvgIpc) is 3.53. The van der Waals surface area contributed by atoms with Crippen LogP contribution in [0.25, 0.3) is 16.7 Å². The molecule has 3 aromatic heterocycles. The summed E-state index contributed by atoms with van der Waals surface area (Å²) in [6, 6.07) is 10.1. The zero-order valence-corrected chi connectivity index (χ0v) is 20.2. The number of aryl methyl sites for hydroxylation is 1. The maximum absolute atomic E-state index is 13.1. The predicted molar refractivity (Wildman–Crippen MR) is 133 cm³/mol. The molecular formula is C25H25N7O2S. The first-order chi connectivity index (χ1) is 17.1. The summed E-state index contributed by atoms with van der Waals surface area (Å²) < 4.78 is 2.01. The van der Waals surface area contributed by atoms with Crippen LogP contribution in [-0.2, 0) is 0 Å². The Labute approximate surface area is 206 Å². The van der Waals surface area contributed by atoms with Crippen molar-refractivity contribution in [2.75, 3.05) is 39.3 Å². The Hall–Kier alpha value is -3.63. The molecule has 5 heterocycles. The van der Waals surface area contributed by atoms with Crippen LogP contribution in [0, 0.1) is 6.92 Å². The van der Waals surface area contributed by atoms with Crippen LogP contribution in [-0.4, -0.2) is 91.3 Å². The number of hydrogen-bond acceptors (Lipinski definition) is 7. The van der Waals surface area contributed by atoms with E-state index in [1.807, 2.05) is 63.2 Å². The quantitative estimate of drug-likeness (QED) is 0.440. The van der Waals surface area contributed by atoms with Gasteiger partial charge in [-0.3, -0.25) is 14.5 Å². The Morgan fingerprint density at radius 3 is 2.51 bits per heavy atom. The number of piperazine rings is 1. The van der Waals surface area contributed by atoms with Gasteiger partial charge in [-0.25, -0.2) is 15.0 Å². The third-order valence-electron chi connectivity index (χ3n) is 6.83. The van der Waals surface area contributed by atoms with Gasteiger partial charge < -0.3 is 14.4 Å². The molecule has 2 aliphatic rings. The van der Waals surface area contributed by atoms with Crippen molar-refractivity contribution in [1.29, 1.82) is 0 Å². The number of hydrogen-bond donors (Lipinski definition) is 0. The second-order valence-corrected chi connectivity index (χ2v) is 9.85. The second-order valence-electron chi connectivity index (χ2n) is 8.95. The van der Waals surface area contributed by atoms with E-state index in [9.17, 15) is 9.59 Å². The highest BCUT2D eigenvalue weighted by molar-refractivity contribution is 7.11. The number of fused-ring (bicyclic) bond motifs is 1. The van der Waals surface area contributed by atoms with Gasteiger partial charge in [0, 0.05) is 80.2 Å². The predicted octanol–water partition coefficient (Wildman–Crippen LogP) is 2.47. The molecule has 4 aromatic rings. The second kappa shape index (κ2) is 8.86. The summed E-state index contributed by atoms with van der Waals surface area (Å²) in [7, 11) is 0. The Balaban J connectivity index is 1.07. The molecule has 0 unspecified atom stereocenters. The van der Waals surface area contributed by atoms with Crippen molar-refractivity contribution < 1.29 is 9.59 Å². The van der Waals surface area contributed by atoms with Gasteiger partial charge in [-0.05, 0) is 37.3 Å². The number of nitrogens with zero attached hydrogens (tertiary/aromatic N) is 7. The van der Waals surface area contributed by atoms with E-state index in [1.54, 1.807) is 12.4 Å². The molecule has 35 heavy (non-hydrogen) atoms. The molecule has 178 valence electrons. The first-order valence-electron chi connectivity index (χ1n) is 11.7. The molecule has 0 radical (unpaired) electrons. The fourth-order valence-electron chi connectivity index (χ4n) is 4.84. The van der Waals surface area contributed by atoms with Crippen molar-refractivity contribution >= 4 is 34.1 Å². The van der Waals surface area contributed by atoms with E-state index in [2.05, 4.69) is 19.9 Å². The third kappa shape index (κ3) is 4.08. The number of carbonyl (C=O) groups is 2. The molecule has 1 aromatic carbocycles. The van der Waals surface area contributed by atoms with E-state index >= 15 is 0 Å². The van der Waals surface area contributed by atoms with Crippen LogP contribution in [0.4, 0.5) is 0 Å². The summed E-state index contributed by atoms with van der Waals surface area (Å²) in [4.78, 5) is 44.6. The van der Waals surface area contributed by atoms with E-state index in [0.717, 1.165) is 48.7 Å². The number of likely N-dealkylation sites (tertiary alicyclic amines) is 1. The molecule has 0 saturated carbocycles. The summed E-state index contributed by atoms with van der Waals surface area (Å²) in [5.41, 5.74) is 1.71. The lowest BCUT2D eigenvalue weighted by atomic mass is 10.0. The standard InChI is InChI=1S/C25H25N7O2S/c1-17-26-6-4-22(28-17)32-8-5-18-14-19(2-3-21(18)32)24(33)31-15-20(16-31)29-9-11-30(12-10-29)25(34)23-27-7-13-35-23/h2-8,13-14,20H,9-12,15-16H2,1H3. The van der Waals surface area contributed by atoms with Crippen molar-refractivity contribution in [2.45, 2.75) is 13.0 Å². The maximum atomic E-state index is 13.1. The lowest BCUT2D eigenvalue weighted by Crippen LogP contribution is -2.64. The van der Waals surface area contributed by atoms with E-state index in [4.69, 9.17) is 0 Å². The summed E-state index contributed by atoms with van der Waals surface area (Å²) in [5, 5.41) is 3.39. The highest BCUT2D eigenvalue weighted by atomic mass is 32.1. The Morgan fingerprint density at radius 1 is 0.943 bits per heavy atom. The van der Waals surface area contributed by atoms with E-state index in [-0.39, 0.29) is 11.8 Å². The molecule has 2 amide bonds. The monoisotopic (exact) mass is 487 g/mol. The topological polar surface area (TPSA) is 87.5 Å². The number of aromatic nitrogens is 4. The highest BCUT2D eigenvalue weighted by Crippen LogP contribution is 2.24. The van der Waals surface area contributed by atoms with Crippen molar-refractivity contribution in [2.24, 2.45) is 0 Å². The Morgan fingerprint density at radius 2 is 1.77 bits per heavy atom. The van der Waals surface area contributed by atoms with Gasteiger partial charge in [-0.1, -0.05) is 0 Å². The van der Waals surface area contributed by atoms with Gasteiger partial charge in [-0.15, -0.1) is 11.3 Å². The van der Waals surface area contributed by atoms with Gasteiger partial charge in [0.15, 0.2) is 5.01 Å². The molecule has 10 heteroatoms. The molecule has 2 saturated heterocycles. The highest BCUT2D eigenvalue weighted by Gasteiger charge is 2.37. The molecule has 9 nitrogen and oxygen atoms in total. The summed E-state index contributed by atoms with van der Waals surface area (Å²) in [6.07, 6.45) is 5.39. The van der Waals surface area contributed by atoms with Crippen molar-refractivity contribution in [3.8, 4) is 5.82 Å². The van der Waals surface area contributed by atoms with Gasteiger partial charge in [-0.2, -0.15) is 0 Å². The summed E-state index contributed by atoms with van der Waals surface area (Å²) in [5.74, 6) is 1.61. The molecule has 2 fully saturated rings. The van der Waals surface area contributed by atoms with E-state index in [1.165, 1.54) is 11.3 Å². The molecule has 0 spiro atoms. The molecule has 0 bridgehead atoms. The first kappa shape index (κ1) is 21.9. The Bertz CT molecular complexity index is 1390. The molecule has 2 aliphatic heterocycles. The van der Waals surface area contributed by atoms with Crippen LogP contribution in [0.1, 0.15) is 26.0 Å². The first-order valence-corrected chi connectivity index (χ1v) is 12.6. The van der Waals surface area contributed by atoms with Gasteiger partial charge >= 0.3 is 0 Å². The van der Waals surface area contributed by atoms with Crippen LogP contribution < -0.4 is 0 Å². The van der Waals surface area contributed by atoms with Crippen molar-refractivity contribution in [3.05, 3.63) is 70.7 Å². The summed E-state index contributed by atoms with van der Waals surface area (Å²) >= 11 is 1.38. The molecule has 0 N–H and O–H groups in total. The number of amides is 2. The van der Waals surface area contributed by atoms with Crippen LogP contribution in [0.3, 0.4) is 0 Å². The number of carbonyl (C=O) groups excluding carboxylic acids is 2. The maximum Gasteiger partial charge on any atom is 0.282 e. The van der Waals surface area contributed by atoms with Crippen molar-refractivity contribution in [1.82, 2.24) is 34.2 Å². The van der Waals surface area contributed by atoms with Crippen LogP contribution in [0.5, 0.6) is 0 Å². The van der Waals surface area contributed by atoms with Gasteiger partial charge in [0.25, 0.3) is 11.8 Å². The number of benzene rings is 1. The molecule has 6 rings (SSSR count). The normalized spacial score (nSPS) is 17.1. The zero-order valence-electron chi connectivity index (χ0n) is 19.4. The summed E-state index contributed by atoms with van der Waals surface area (Å²) in [6.45, 7) is 6.35. The minimum atomic E-state index is 0.0177. The number of thiazole rings is 1. The fraction of sp³-hybridized carbons (Fsp3) is 0.320. The SMILES string of the molecule is Cc1nccc(-n2ccc3cc(C(=O)N4CC(N5CCN(C(=O)c6nccs6)CC5)C4)ccc32)n1. The van der Waals surface area contributed by atoms with Crippen LogP contribution in [0.15, 0.2) is 54.3 Å². The van der Waals surface area contributed by atoms with Crippen molar-refractivity contribution in [3.63, 3.8) is 0 Å². The molecule has 0 aliphatic carbocycles. The Kier molecular flexibility index (Phi) is 5.54. The molecule has 0 atom stereocenters. The minimum Gasteiger partial charge on any atom is -0.335 e. The minimum absolute atomic E-state index is 0.0177. The average molecular weight is 488 g/mol. The zero-order chi connectivity index (χ0) is 23.9. The lowest BCUT2D eigenvalue weighted by Gasteiger charge is -2.48. The van der Waals surface area contributed by atoms with Gasteiger partial charge in [0.1, 0.15) is 11.6 Å². The van der Waals surface area contributed by atoms with Gasteiger partial charge in [0.2, 0.25) is 0 Å². The largest absolute Gasteiger partial charge is 0.335 e. The van der Waals surface area contributed by atoms with E-state index < -0.39 is 0 Å². The van der Waals surface area contributed by atoms with Gasteiger partial charge in [0.05, 0.1) is 5.52 Å². The lowest BCUT2D eigenvalue weighted by molar-refractivity contribution is 0.00854. The van der Waals surface area contributed by atoms with Crippen LogP contribution >= 0.6 is 11.3 Å². The fourth-order valence-corrected chi connectivity index (χ4v) is 5.44. The van der Waals surface area contributed by atoms with Crippen LogP contribution in [0.2, 0.25) is 0 Å². The van der Waals surface area contributed by atoms with E-state index in [0.29, 0.717) is 29.7 Å². The smallest absolute Gasteiger partial charge is 0.282 e. The third-order valence-corrected chi connectivity index (χ3v) is 7.59. The molecular weight excluding hydrogens is 462 g/mol.